The molecule has 0 radical (unpaired) electrons. The summed E-state index contributed by atoms with van der Waals surface area (Å²) >= 11 is 13.7. The molecule has 2 atom stereocenters. The molecule has 0 aliphatic carbocycles. The van der Waals surface area contributed by atoms with Crippen molar-refractivity contribution in [3.63, 3.8) is 0 Å². The zero-order chi connectivity index (χ0) is 27.2. The van der Waals surface area contributed by atoms with Gasteiger partial charge in [-0.25, -0.2) is 0 Å². The molecule has 3 aromatic carbocycles. The quantitative estimate of drug-likeness (QED) is 0.281. The third-order valence-corrected chi connectivity index (χ3v) is 8.51. The Hall–Kier alpha value is -2.71. The number of nitrogens with zero attached hydrogens (tertiary/aromatic N) is 2. The number of halogens is 2. The van der Waals surface area contributed by atoms with Gasteiger partial charge in [-0.2, -0.15) is 0 Å². The topological polar surface area (TPSA) is 59.1 Å². The first-order valence-electron chi connectivity index (χ1n) is 12.3. The summed E-state index contributed by atoms with van der Waals surface area (Å²) in [6.07, 6.45) is -0.177. The minimum absolute atomic E-state index is 0.239. The lowest BCUT2D eigenvalue weighted by molar-refractivity contribution is -0.152. The van der Waals surface area contributed by atoms with Gasteiger partial charge in [-0.05, 0) is 61.0 Å². The molecule has 200 valence electrons. The molecule has 0 fully saturated rings. The number of hydrogen-bond donors (Lipinski definition) is 0. The molecule has 6 nitrogen and oxygen atoms in total. The molecule has 0 aromatic heterocycles. The minimum Gasteiger partial charge on any atom is -0.497 e. The van der Waals surface area contributed by atoms with Gasteiger partial charge >= 0.3 is 5.97 Å². The molecule has 1 aliphatic rings. The average molecular weight is 574 g/mol. The van der Waals surface area contributed by atoms with Gasteiger partial charge < -0.3 is 19.3 Å². The van der Waals surface area contributed by atoms with Crippen molar-refractivity contribution in [2.45, 2.75) is 29.6 Å². The van der Waals surface area contributed by atoms with E-state index in [9.17, 15) is 9.59 Å². The van der Waals surface area contributed by atoms with E-state index < -0.39 is 17.3 Å². The molecule has 0 spiro atoms. The first kappa shape index (κ1) is 28.3. The number of fused-ring (bicyclic) bond motifs is 1. The van der Waals surface area contributed by atoms with E-state index in [2.05, 4.69) is 4.90 Å². The fourth-order valence-corrected chi connectivity index (χ4v) is 5.98. The number of hydrogen-bond acceptors (Lipinski definition) is 6. The number of thioether (sulfide) groups is 1. The highest BCUT2D eigenvalue weighted by Gasteiger charge is 2.40. The average Bonchev–Trinajstić information content (AvgIpc) is 3.02. The van der Waals surface area contributed by atoms with Crippen LogP contribution in [0.15, 0.2) is 71.6 Å². The summed E-state index contributed by atoms with van der Waals surface area (Å²) in [5.74, 6) is -0.0165. The maximum absolute atomic E-state index is 14.0. The van der Waals surface area contributed by atoms with Crippen molar-refractivity contribution >= 4 is 52.5 Å². The first-order chi connectivity index (χ1) is 18.3. The number of methoxy groups -OCH3 is 1. The van der Waals surface area contributed by atoms with Crippen LogP contribution in [-0.2, 0) is 20.7 Å². The maximum Gasteiger partial charge on any atom is 0.303 e. The van der Waals surface area contributed by atoms with Gasteiger partial charge in [0.05, 0.1) is 28.1 Å². The Kier molecular flexibility index (Phi) is 9.60. The van der Waals surface area contributed by atoms with Gasteiger partial charge in [-0.15, -0.1) is 11.8 Å². The predicted molar refractivity (Wildman–Crippen MR) is 154 cm³/mol. The Morgan fingerprint density at radius 2 is 1.76 bits per heavy atom. The molecule has 3 aromatic rings. The first-order valence-corrected chi connectivity index (χ1v) is 13.9. The number of amides is 1. The molecule has 9 heteroatoms. The van der Waals surface area contributed by atoms with Crippen molar-refractivity contribution in [1.82, 2.24) is 4.90 Å². The Morgan fingerprint density at radius 1 is 1.03 bits per heavy atom. The zero-order valence-corrected chi connectivity index (χ0v) is 23.9. The number of benzene rings is 3. The zero-order valence-electron chi connectivity index (χ0n) is 21.5. The number of likely N-dealkylation sites (N-methyl/N-ethyl adjacent to an activating group) is 1. The van der Waals surface area contributed by atoms with E-state index in [1.54, 1.807) is 18.1 Å². The van der Waals surface area contributed by atoms with Gasteiger partial charge in [0.1, 0.15) is 5.75 Å². The van der Waals surface area contributed by atoms with Gasteiger partial charge in [0.25, 0.3) is 5.91 Å². The van der Waals surface area contributed by atoms with E-state index in [0.717, 1.165) is 34.7 Å². The third-order valence-electron chi connectivity index (χ3n) is 6.40. The lowest BCUT2D eigenvalue weighted by Gasteiger charge is -2.29. The van der Waals surface area contributed by atoms with E-state index in [0.29, 0.717) is 28.9 Å². The molecule has 0 N–H and O–H groups in total. The molecule has 38 heavy (non-hydrogen) atoms. The summed E-state index contributed by atoms with van der Waals surface area (Å²) in [7, 11) is 3.63. The maximum atomic E-state index is 14.0. The van der Waals surface area contributed by atoms with Gasteiger partial charge in [0, 0.05) is 31.5 Å². The minimum atomic E-state index is -0.972. The van der Waals surface area contributed by atoms with Crippen LogP contribution in [0.4, 0.5) is 5.69 Å². The molecule has 1 heterocycles. The van der Waals surface area contributed by atoms with Crippen molar-refractivity contribution < 1.29 is 19.1 Å². The Balaban J connectivity index is 1.55. The summed E-state index contributed by atoms with van der Waals surface area (Å²) in [6.45, 7) is 3.19. The fraction of sp³-hybridized carbons (Fsp3) is 0.310. The van der Waals surface area contributed by atoms with Gasteiger partial charge in [-0.3, -0.25) is 9.59 Å². The number of carbonyl (C=O) groups is 2. The summed E-state index contributed by atoms with van der Waals surface area (Å²) < 4.78 is 11.0. The highest BCUT2D eigenvalue weighted by molar-refractivity contribution is 7.99. The van der Waals surface area contributed by atoms with Crippen LogP contribution in [0, 0.1) is 0 Å². The Bertz CT molecular complexity index is 1290. The Morgan fingerprint density at radius 3 is 2.45 bits per heavy atom. The van der Waals surface area contributed by atoms with Gasteiger partial charge in [0.15, 0.2) is 6.10 Å². The lowest BCUT2D eigenvalue weighted by atomic mass is 10.1. The monoisotopic (exact) mass is 572 g/mol. The normalized spacial score (nSPS) is 17.2. The van der Waals surface area contributed by atoms with Crippen molar-refractivity contribution in [3.05, 3.63) is 87.9 Å². The van der Waals surface area contributed by atoms with Crippen LogP contribution in [0.25, 0.3) is 0 Å². The second-order valence-corrected chi connectivity index (χ2v) is 11.1. The van der Waals surface area contributed by atoms with E-state index in [1.165, 1.54) is 18.7 Å². The summed E-state index contributed by atoms with van der Waals surface area (Å²) in [4.78, 5) is 30.9. The molecule has 1 amide bonds. The largest absolute Gasteiger partial charge is 0.497 e. The second kappa shape index (κ2) is 12.9. The van der Waals surface area contributed by atoms with Crippen molar-refractivity contribution in [3.8, 4) is 5.75 Å². The highest BCUT2D eigenvalue weighted by Crippen LogP contribution is 2.46. The van der Waals surface area contributed by atoms with Crippen molar-refractivity contribution in [2.75, 3.05) is 38.7 Å². The van der Waals surface area contributed by atoms with Crippen molar-refractivity contribution in [1.29, 1.82) is 0 Å². The summed E-state index contributed by atoms with van der Waals surface area (Å²) in [5, 5.41) is 0.671. The van der Waals surface area contributed by atoms with Crippen LogP contribution >= 0.6 is 35.0 Å². The van der Waals surface area contributed by atoms with Crippen LogP contribution in [-0.4, -0.2) is 56.7 Å². The number of para-hydroxylation sites is 1. The molecular weight excluding hydrogens is 543 g/mol. The van der Waals surface area contributed by atoms with E-state index >= 15 is 0 Å². The van der Waals surface area contributed by atoms with E-state index in [4.69, 9.17) is 32.7 Å². The van der Waals surface area contributed by atoms with Gasteiger partial charge in [0.2, 0.25) is 0 Å². The highest BCUT2D eigenvalue weighted by atomic mass is 35.5. The van der Waals surface area contributed by atoms with Crippen LogP contribution < -0.4 is 9.64 Å². The summed E-state index contributed by atoms with van der Waals surface area (Å²) in [6, 6.07) is 21.0. The molecule has 0 bridgehead atoms. The number of anilines is 1. The smallest absolute Gasteiger partial charge is 0.303 e. The van der Waals surface area contributed by atoms with Crippen LogP contribution in [0.5, 0.6) is 5.75 Å². The van der Waals surface area contributed by atoms with Crippen LogP contribution in [0.1, 0.15) is 23.3 Å². The molecule has 0 unspecified atom stereocenters. The molecule has 1 aliphatic heterocycles. The molecule has 4 rings (SSSR count). The standard InChI is InChI=1S/C29H30Cl2N2O4S/c1-19(34)37-27-28(21-9-11-22(36-3)12-10-21)38-26-7-5-4-6-25(26)33(29(27)35)17-16-32(2)15-14-20-8-13-23(30)24(31)18-20/h4-13,18,27-28H,14-17H2,1-3H3/t27-,28+/m1/s1. The third kappa shape index (κ3) is 6.83. The molecule has 0 saturated heterocycles. The molecule has 0 saturated carbocycles. The SMILES string of the molecule is COc1ccc([C@@H]2Sc3ccccc3N(CCN(C)CCc3ccc(Cl)c(Cl)c3)C(=O)[C@@H]2OC(C)=O)cc1. The van der Waals surface area contributed by atoms with E-state index in [1.807, 2.05) is 67.7 Å². The van der Waals surface area contributed by atoms with Crippen LogP contribution in [0.2, 0.25) is 10.0 Å². The number of rotatable bonds is 9. The number of esters is 1. The Labute approximate surface area is 237 Å². The van der Waals surface area contributed by atoms with Crippen LogP contribution in [0.3, 0.4) is 0 Å². The fourth-order valence-electron chi connectivity index (χ4n) is 4.34. The number of ether oxygens (including phenoxy) is 2. The van der Waals surface area contributed by atoms with Crippen molar-refractivity contribution in [2.24, 2.45) is 0 Å². The number of carbonyl (C=O) groups excluding carboxylic acids is 2. The van der Waals surface area contributed by atoms with E-state index in [-0.39, 0.29) is 5.91 Å². The second-order valence-electron chi connectivity index (χ2n) is 9.10. The lowest BCUT2D eigenvalue weighted by Crippen LogP contribution is -2.45. The predicted octanol–water partition coefficient (Wildman–Crippen LogP) is 6.29. The van der Waals surface area contributed by atoms with Gasteiger partial charge in [-0.1, -0.05) is 53.5 Å². The summed E-state index contributed by atoms with van der Waals surface area (Å²) in [5.41, 5.74) is 2.79. The molecular formula is C29H30Cl2N2O4S.